The van der Waals surface area contributed by atoms with E-state index in [4.69, 9.17) is 0 Å². The third kappa shape index (κ3) is 1.81. The summed E-state index contributed by atoms with van der Waals surface area (Å²) in [4.78, 5) is 13.8. The molecule has 0 aliphatic carbocycles. The molecule has 22 heavy (non-hydrogen) atoms. The molecule has 2 aliphatic heterocycles. The molecule has 1 N–H and O–H groups in total. The first-order chi connectivity index (χ1) is 10.3. The van der Waals surface area contributed by atoms with Crippen LogP contribution in [0.3, 0.4) is 0 Å². The van der Waals surface area contributed by atoms with Gasteiger partial charge < -0.3 is 10.0 Å². The maximum absolute atomic E-state index is 12.4. The van der Waals surface area contributed by atoms with E-state index in [9.17, 15) is 18.3 Å². The lowest BCUT2D eigenvalue weighted by molar-refractivity contribution is -0.125. The van der Waals surface area contributed by atoms with Crippen molar-refractivity contribution in [2.75, 3.05) is 7.05 Å². The van der Waals surface area contributed by atoms with Crippen molar-refractivity contribution in [1.29, 1.82) is 0 Å². The zero-order chi connectivity index (χ0) is 16.2. The van der Waals surface area contributed by atoms with Gasteiger partial charge in [0.1, 0.15) is 21.9 Å². The number of hydrogen-bond donors (Lipinski definition) is 1. The lowest BCUT2D eigenvalue weighted by Crippen LogP contribution is -2.30. The summed E-state index contributed by atoms with van der Waals surface area (Å²) in [6, 6.07) is 4.59. The number of amides is 1. The predicted molar refractivity (Wildman–Crippen MR) is 81.4 cm³/mol. The van der Waals surface area contributed by atoms with Crippen LogP contribution >= 0.6 is 0 Å². The smallest absolute Gasteiger partial charge is 0.283 e. The van der Waals surface area contributed by atoms with Gasteiger partial charge >= 0.3 is 0 Å². The van der Waals surface area contributed by atoms with Gasteiger partial charge in [-0.1, -0.05) is 25.1 Å². The van der Waals surface area contributed by atoms with Gasteiger partial charge in [-0.2, -0.15) is 12.8 Å². The third-order valence-electron chi connectivity index (χ3n) is 4.21. The van der Waals surface area contributed by atoms with Crippen LogP contribution in [0.1, 0.15) is 25.0 Å². The lowest BCUT2D eigenvalue weighted by Gasteiger charge is -2.14. The average molecular weight is 320 g/mol. The first-order valence-corrected chi connectivity index (χ1v) is 8.41. The molecule has 1 atom stereocenters. The molecule has 0 saturated heterocycles. The van der Waals surface area contributed by atoms with Crippen LogP contribution < -0.4 is 0 Å². The molecule has 6 nitrogen and oxygen atoms in total. The largest absolute Gasteiger partial charge is 0.509 e. The quantitative estimate of drug-likeness (QED) is 0.892. The summed E-state index contributed by atoms with van der Waals surface area (Å²) in [5, 5.41) is 10.2. The standard InChI is InChI=1S/C15H16N2O4S/c1-4-9-6-5-7-10-12(16-22(20,21)14(9)10)11-13(18)8(2)17(3)15(11)19/h5-8,18H,4H2,1-3H3/t8-/m0/s1. The molecule has 2 heterocycles. The van der Waals surface area contributed by atoms with Crippen LogP contribution in [0, 0.1) is 0 Å². The summed E-state index contributed by atoms with van der Waals surface area (Å²) in [7, 11) is -2.29. The van der Waals surface area contributed by atoms with Gasteiger partial charge in [0, 0.05) is 12.6 Å². The fourth-order valence-electron chi connectivity index (χ4n) is 2.83. The SMILES string of the molecule is CCc1cccc2c1S(=O)(=O)N=C2C1=C(O)[C@H](C)N(C)C1=O. The van der Waals surface area contributed by atoms with Crippen molar-refractivity contribution < 1.29 is 18.3 Å². The van der Waals surface area contributed by atoms with Crippen LogP contribution in [0.2, 0.25) is 0 Å². The first kappa shape index (κ1) is 14.8. The molecule has 0 saturated carbocycles. The van der Waals surface area contributed by atoms with E-state index in [1.807, 2.05) is 6.92 Å². The number of sulfonamides is 1. The maximum Gasteiger partial charge on any atom is 0.283 e. The van der Waals surface area contributed by atoms with E-state index in [-0.39, 0.29) is 21.9 Å². The molecule has 2 aliphatic rings. The Hall–Kier alpha value is -2.15. The van der Waals surface area contributed by atoms with Gasteiger partial charge in [0.15, 0.2) is 0 Å². The molecule has 1 aromatic rings. The fourth-order valence-corrected chi connectivity index (χ4v) is 4.33. The van der Waals surface area contributed by atoms with Gasteiger partial charge in [-0.15, -0.1) is 0 Å². The van der Waals surface area contributed by atoms with Crippen LogP contribution in [0.25, 0.3) is 0 Å². The second-order valence-corrected chi connectivity index (χ2v) is 6.96. The van der Waals surface area contributed by atoms with Gasteiger partial charge in [0.05, 0.1) is 6.04 Å². The van der Waals surface area contributed by atoms with Gasteiger partial charge in [0.25, 0.3) is 15.9 Å². The molecule has 7 heteroatoms. The number of rotatable bonds is 2. The monoisotopic (exact) mass is 320 g/mol. The van der Waals surface area contributed by atoms with Gasteiger partial charge in [0.2, 0.25) is 0 Å². The number of aliphatic hydroxyl groups is 1. The lowest BCUT2D eigenvalue weighted by atomic mass is 9.99. The highest BCUT2D eigenvalue weighted by Gasteiger charge is 2.42. The summed E-state index contributed by atoms with van der Waals surface area (Å²) in [5.41, 5.74) is 1.06. The van der Waals surface area contributed by atoms with Crippen LogP contribution in [0.5, 0.6) is 0 Å². The normalized spacial score (nSPS) is 23.0. The van der Waals surface area contributed by atoms with E-state index >= 15 is 0 Å². The van der Waals surface area contributed by atoms with Crippen molar-refractivity contribution in [3.8, 4) is 0 Å². The van der Waals surface area contributed by atoms with Crippen molar-refractivity contribution in [1.82, 2.24) is 4.90 Å². The topological polar surface area (TPSA) is 87.0 Å². The summed E-state index contributed by atoms with van der Waals surface area (Å²) in [5.74, 6) is -0.565. The number of hydrogen-bond acceptors (Lipinski definition) is 4. The summed E-state index contributed by atoms with van der Waals surface area (Å²) in [6.45, 7) is 3.53. The molecule has 3 rings (SSSR count). The van der Waals surface area contributed by atoms with Crippen LogP contribution in [-0.4, -0.2) is 43.1 Å². The Kier molecular flexibility index (Phi) is 3.14. The molecule has 0 unspecified atom stereocenters. The van der Waals surface area contributed by atoms with Crippen molar-refractivity contribution in [3.05, 3.63) is 40.7 Å². The Morgan fingerprint density at radius 1 is 1.36 bits per heavy atom. The Balaban J connectivity index is 2.28. The molecule has 0 spiro atoms. The summed E-state index contributed by atoms with van der Waals surface area (Å²) >= 11 is 0. The van der Waals surface area contributed by atoms with Gasteiger partial charge in [-0.05, 0) is 18.9 Å². The molecular formula is C15H16N2O4S. The molecule has 0 aromatic heterocycles. The van der Waals surface area contributed by atoms with E-state index in [0.717, 1.165) is 0 Å². The van der Waals surface area contributed by atoms with E-state index in [0.29, 0.717) is 17.5 Å². The molecule has 116 valence electrons. The van der Waals surface area contributed by atoms with Crippen LogP contribution in [0.15, 0.2) is 38.8 Å². The number of nitrogens with zero attached hydrogens (tertiary/aromatic N) is 2. The average Bonchev–Trinajstić information content (AvgIpc) is 2.86. The van der Waals surface area contributed by atoms with E-state index < -0.39 is 22.0 Å². The van der Waals surface area contributed by atoms with Crippen LogP contribution in [-0.2, 0) is 21.2 Å². The zero-order valence-electron chi connectivity index (χ0n) is 12.5. The summed E-state index contributed by atoms with van der Waals surface area (Å²) < 4.78 is 28.5. The minimum absolute atomic E-state index is 0.0226. The Labute approximate surface area is 128 Å². The van der Waals surface area contributed by atoms with Crippen molar-refractivity contribution in [3.63, 3.8) is 0 Å². The van der Waals surface area contributed by atoms with E-state index in [2.05, 4.69) is 4.40 Å². The van der Waals surface area contributed by atoms with E-state index in [1.54, 1.807) is 32.2 Å². The van der Waals surface area contributed by atoms with E-state index in [1.165, 1.54) is 4.90 Å². The molecule has 0 fully saturated rings. The Morgan fingerprint density at radius 3 is 2.59 bits per heavy atom. The predicted octanol–water partition coefficient (Wildman–Crippen LogP) is 1.41. The molecule has 0 radical (unpaired) electrons. The number of aliphatic hydroxyl groups excluding tert-OH is 1. The number of aryl methyl sites for hydroxylation is 1. The minimum atomic E-state index is -3.84. The number of carbonyl (C=O) groups excluding carboxylic acids is 1. The number of benzene rings is 1. The zero-order valence-corrected chi connectivity index (χ0v) is 13.3. The maximum atomic E-state index is 12.4. The molecular weight excluding hydrogens is 304 g/mol. The molecule has 1 aromatic carbocycles. The Morgan fingerprint density at radius 2 is 2.05 bits per heavy atom. The van der Waals surface area contributed by atoms with Crippen molar-refractivity contribution in [2.24, 2.45) is 4.40 Å². The first-order valence-electron chi connectivity index (χ1n) is 6.97. The number of carbonyl (C=O) groups is 1. The number of likely N-dealkylation sites (N-methyl/N-ethyl adjacent to an activating group) is 1. The van der Waals surface area contributed by atoms with Gasteiger partial charge in [-0.25, -0.2) is 0 Å². The van der Waals surface area contributed by atoms with Gasteiger partial charge in [-0.3, -0.25) is 4.79 Å². The Bertz CT molecular complexity index is 852. The second-order valence-electron chi connectivity index (χ2n) is 5.41. The summed E-state index contributed by atoms with van der Waals surface area (Å²) in [6.07, 6.45) is 0.542. The fraction of sp³-hybridized carbons (Fsp3) is 0.333. The highest BCUT2D eigenvalue weighted by atomic mass is 32.2. The highest BCUT2D eigenvalue weighted by Crippen LogP contribution is 2.35. The van der Waals surface area contributed by atoms with Crippen LogP contribution in [0.4, 0.5) is 0 Å². The second kappa shape index (κ2) is 4.67. The van der Waals surface area contributed by atoms with Crippen molar-refractivity contribution >= 4 is 21.6 Å². The number of fused-ring (bicyclic) bond motifs is 1. The molecule has 0 bridgehead atoms. The third-order valence-corrected chi connectivity index (χ3v) is 5.63. The minimum Gasteiger partial charge on any atom is -0.509 e. The van der Waals surface area contributed by atoms with Crippen molar-refractivity contribution in [2.45, 2.75) is 31.2 Å². The molecule has 1 amide bonds. The highest BCUT2D eigenvalue weighted by molar-refractivity contribution is 7.90.